The first-order valence-corrected chi connectivity index (χ1v) is 8.67. The molecule has 5 rings (SSSR count). The lowest BCUT2D eigenvalue weighted by Gasteiger charge is -2.50. The maximum Gasteiger partial charge on any atom is 0.119 e. The van der Waals surface area contributed by atoms with Crippen LogP contribution in [0.15, 0.2) is 43.1 Å². The van der Waals surface area contributed by atoms with Crippen molar-refractivity contribution >= 4 is 10.9 Å². The van der Waals surface area contributed by atoms with Gasteiger partial charge in [0.15, 0.2) is 0 Å². The summed E-state index contributed by atoms with van der Waals surface area (Å²) in [6.45, 7) is 7.20. The molecule has 0 aliphatic carbocycles. The average Bonchev–Trinajstić information content (AvgIpc) is 2.66. The maximum atomic E-state index is 11.2. The van der Waals surface area contributed by atoms with E-state index in [0.29, 0.717) is 11.8 Å². The Morgan fingerprint density at radius 1 is 1.38 bits per heavy atom. The summed E-state index contributed by atoms with van der Waals surface area (Å²) in [5.41, 5.74) is 1.86. The van der Waals surface area contributed by atoms with Crippen LogP contribution in [0.2, 0.25) is 0 Å². The van der Waals surface area contributed by atoms with Gasteiger partial charge in [0.25, 0.3) is 0 Å². The van der Waals surface area contributed by atoms with Crippen LogP contribution in [0.4, 0.5) is 0 Å². The number of methoxy groups -OCH3 is 1. The third kappa shape index (κ3) is 2.50. The fourth-order valence-corrected chi connectivity index (χ4v) is 4.55. The summed E-state index contributed by atoms with van der Waals surface area (Å²) in [5.74, 6) is 2.03. The third-order valence-corrected chi connectivity index (χ3v) is 5.83. The summed E-state index contributed by atoms with van der Waals surface area (Å²) in [6.07, 6.45) is 4.52. The highest BCUT2D eigenvalue weighted by atomic mass is 16.5. The molecule has 1 N–H and O–H groups in total. The Hall–Kier alpha value is -1.91. The molecule has 1 unspecified atom stereocenters. The number of aliphatic hydroxyl groups is 1. The predicted molar refractivity (Wildman–Crippen MR) is 95.0 cm³/mol. The minimum Gasteiger partial charge on any atom is -0.497 e. The van der Waals surface area contributed by atoms with Gasteiger partial charge in [-0.25, -0.2) is 0 Å². The van der Waals surface area contributed by atoms with Crippen LogP contribution in [0, 0.1) is 17.8 Å². The number of ether oxygens (including phenoxy) is 1. The Bertz CT molecular complexity index is 760. The topological polar surface area (TPSA) is 45.6 Å². The first kappa shape index (κ1) is 15.6. The Morgan fingerprint density at radius 2 is 2.25 bits per heavy atom. The zero-order valence-corrected chi connectivity index (χ0v) is 14.1. The first-order valence-electron chi connectivity index (χ1n) is 8.67. The van der Waals surface area contributed by atoms with Gasteiger partial charge in [-0.15, -0.1) is 6.58 Å². The zero-order chi connectivity index (χ0) is 16.7. The van der Waals surface area contributed by atoms with E-state index >= 15 is 0 Å². The first-order chi connectivity index (χ1) is 11.7. The molecular formula is C20H24N2O2. The van der Waals surface area contributed by atoms with Crippen molar-refractivity contribution in [3.63, 3.8) is 0 Å². The van der Waals surface area contributed by atoms with Crippen molar-refractivity contribution in [2.75, 3.05) is 26.7 Å². The Labute approximate surface area is 142 Å². The summed E-state index contributed by atoms with van der Waals surface area (Å²) in [4.78, 5) is 6.89. The summed E-state index contributed by atoms with van der Waals surface area (Å²) in [7, 11) is 1.66. The van der Waals surface area contributed by atoms with E-state index in [2.05, 4.69) is 22.5 Å². The Kier molecular flexibility index (Phi) is 4.02. The second-order valence-electron chi connectivity index (χ2n) is 7.00. The van der Waals surface area contributed by atoms with Crippen molar-refractivity contribution in [1.82, 2.24) is 9.88 Å². The molecule has 4 heterocycles. The second-order valence-corrected chi connectivity index (χ2v) is 7.00. The molecule has 5 atom stereocenters. The molecule has 2 aromatic rings. The number of piperidine rings is 3. The van der Waals surface area contributed by atoms with Crippen LogP contribution in [-0.4, -0.2) is 41.7 Å². The Balaban J connectivity index is 1.73. The minimum atomic E-state index is -0.488. The van der Waals surface area contributed by atoms with Crippen molar-refractivity contribution in [1.29, 1.82) is 0 Å². The second kappa shape index (κ2) is 6.19. The standard InChI is InChI=1S/C20H24N2O2/c1-3-13-11-22-9-7-15(13)18(12-22)20(23)16-6-8-21-19-5-4-14(24-2)10-17(16)19/h3-6,8,10,13,15,18,20,23H,1,7,9,11-12H2,2H3/t13-,15+,18-,20+/m1/s1. The number of nitrogens with zero attached hydrogens (tertiary/aromatic N) is 2. The van der Waals surface area contributed by atoms with Crippen LogP contribution in [0.25, 0.3) is 10.9 Å². The van der Waals surface area contributed by atoms with E-state index in [1.165, 1.54) is 0 Å². The van der Waals surface area contributed by atoms with Crippen LogP contribution in [0.5, 0.6) is 5.75 Å². The molecule has 3 aliphatic heterocycles. The highest BCUT2D eigenvalue weighted by Crippen LogP contribution is 2.44. The van der Waals surface area contributed by atoms with E-state index in [1.807, 2.05) is 24.3 Å². The molecule has 0 spiro atoms. The Morgan fingerprint density at radius 3 is 3.00 bits per heavy atom. The van der Waals surface area contributed by atoms with Gasteiger partial charge in [0, 0.05) is 30.6 Å². The number of rotatable bonds is 4. The smallest absolute Gasteiger partial charge is 0.119 e. The third-order valence-electron chi connectivity index (χ3n) is 5.83. The van der Waals surface area contributed by atoms with Gasteiger partial charge in [-0.05, 0) is 54.6 Å². The largest absolute Gasteiger partial charge is 0.497 e. The van der Waals surface area contributed by atoms with E-state index in [-0.39, 0.29) is 5.92 Å². The van der Waals surface area contributed by atoms with Gasteiger partial charge in [0.1, 0.15) is 5.75 Å². The normalized spacial score (nSPS) is 30.2. The fraction of sp³-hybridized carbons (Fsp3) is 0.450. The van der Waals surface area contributed by atoms with E-state index in [9.17, 15) is 5.11 Å². The molecule has 1 aromatic carbocycles. The minimum absolute atomic E-state index is 0.243. The van der Waals surface area contributed by atoms with Gasteiger partial charge in [-0.1, -0.05) is 6.08 Å². The molecule has 24 heavy (non-hydrogen) atoms. The molecule has 2 bridgehead atoms. The highest BCUT2D eigenvalue weighted by molar-refractivity contribution is 5.83. The van der Waals surface area contributed by atoms with Crippen molar-refractivity contribution in [3.8, 4) is 5.75 Å². The van der Waals surface area contributed by atoms with Gasteiger partial charge in [-0.3, -0.25) is 4.98 Å². The molecule has 3 aliphatic rings. The lowest BCUT2D eigenvalue weighted by atomic mass is 9.69. The highest BCUT2D eigenvalue weighted by Gasteiger charge is 2.43. The molecule has 3 fully saturated rings. The monoisotopic (exact) mass is 324 g/mol. The molecular weight excluding hydrogens is 300 g/mol. The van der Waals surface area contributed by atoms with Gasteiger partial charge in [-0.2, -0.15) is 0 Å². The van der Waals surface area contributed by atoms with Crippen LogP contribution >= 0.6 is 0 Å². The lowest BCUT2D eigenvalue weighted by molar-refractivity contribution is -0.0472. The predicted octanol–water partition coefficient (Wildman–Crippen LogP) is 3.03. The number of benzene rings is 1. The molecule has 0 amide bonds. The summed E-state index contributed by atoms with van der Waals surface area (Å²) in [6, 6.07) is 7.79. The molecule has 1 aromatic heterocycles. The molecule has 0 saturated carbocycles. The van der Waals surface area contributed by atoms with E-state index in [4.69, 9.17) is 4.74 Å². The lowest BCUT2D eigenvalue weighted by Crippen LogP contribution is -2.53. The van der Waals surface area contributed by atoms with Gasteiger partial charge >= 0.3 is 0 Å². The number of aliphatic hydroxyl groups excluding tert-OH is 1. The number of fused-ring (bicyclic) bond motifs is 4. The van der Waals surface area contributed by atoms with E-state index in [1.54, 1.807) is 13.3 Å². The summed E-state index contributed by atoms with van der Waals surface area (Å²) in [5, 5.41) is 12.2. The van der Waals surface area contributed by atoms with Crippen LogP contribution in [0.1, 0.15) is 18.1 Å². The van der Waals surface area contributed by atoms with Gasteiger partial charge in [0.2, 0.25) is 0 Å². The van der Waals surface area contributed by atoms with Crippen molar-refractivity contribution in [2.24, 2.45) is 17.8 Å². The molecule has 3 saturated heterocycles. The SMILES string of the molecule is C=C[C@@H]1CN2CC[C@@H]1[C@H]([C@@H](O)c1ccnc3ccc(OC)cc13)C2. The van der Waals surface area contributed by atoms with Crippen molar-refractivity contribution < 1.29 is 9.84 Å². The molecule has 4 nitrogen and oxygen atoms in total. The average molecular weight is 324 g/mol. The van der Waals surface area contributed by atoms with Gasteiger partial charge < -0.3 is 14.7 Å². The van der Waals surface area contributed by atoms with E-state index in [0.717, 1.165) is 48.3 Å². The van der Waals surface area contributed by atoms with Gasteiger partial charge in [0.05, 0.1) is 18.7 Å². The van der Waals surface area contributed by atoms with Crippen molar-refractivity contribution in [2.45, 2.75) is 12.5 Å². The number of hydrogen-bond acceptors (Lipinski definition) is 4. The van der Waals surface area contributed by atoms with Crippen LogP contribution in [0.3, 0.4) is 0 Å². The number of hydrogen-bond donors (Lipinski definition) is 1. The quantitative estimate of drug-likeness (QED) is 0.878. The molecule has 4 heteroatoms. The van der Waals surface area contributed by atoms with E-state index < -0.39 is 6.10 Å². The fourth-order valence-electron chi connectivity index (χ4n) is 4.55. The summed E-state index contributed by atoms with van der Waals surface area (Å²) >= 11 is 0. The number of aromatic nitrogens is 1. The molecule has 126 valence electrons. The maximum absolute atomic E-state index is 11.2. The van der Waals surface area contributed by atoms with Crippen molar-refractivity contribution in [3.05, 3.63) is 48.7 Å². The number of pyridine rings is 1. The summed E-state index contributed by atoms with van der Waals surface area (Å²) < 4.78 is 5.36. The molecule has 0 radical (unpaired) electrons. The zero-order valence-electron chi connectivity index (χ0n) is 14.1. The van der Waals surface area contributed by atoms with Crippen LogP contribution < -0.4 is 4.74 Å². The van der Waals surface area contributed by atoms with Crippen LogP contribution in [-0.2, 0) is 0 Å².